The first-order valence-electron chi connectivity index (χ1n) is 9.07. The second kappa shape index (κ2) is 6.96. The maximum Gasteiger partial charge on any atom is 0.131 e. The molecule has 2 unspecified atom stereocenters. The molecule has 0 saturated carbocycles. The molecule has 0 amide bonds. The van der Waals surface area contributed by atoms with Gasteiger partial charge in [-0.05, 0) is 19.4 Å². The molecule has 0 aliphatic carbocycles. The maximum atomic E-state index is 11.0. The van der Waals surface area contributed by atoms with Crippen LogP contribution in [0.4, 0.5) is 0 Å². The van der Waals surface area contributed by atoms with Crippen molar-refractivity contribution in [3.63, 3.8) is 0 Å². The lowest BCUT2D eigenvalue weighted by molar-refractivity contribution is -0.110. The van der Waals surface area contributed by atoms with Gasteiger partial charge in [-0.2, -0.15) is 0 Å². The first kappa shape index (κ1) is 17.4. The Balaban J connectivity index is 1.74. The predicted molar refractivity (Wildman–Crippen MR) is 98.4 cm³/mol. The fourth-order valence-electron chi connectivity index (χ4n) is 4.08. The molecule has 2 aliphatic heterocycles. The molecule has 3 N–H and O–H groups in total. The summed E-state index contributed by atoms with van der Waals surface area (Å²) in [6.07, 6.45) is 2.95. The minimum atomic E-state index is -0.724. The lowest BCUT2D eigenvalue weighted by Gasteiger charge is -2.46. The fourth-order valence-corrected chi connectivity index (χ4v) is 4.08. The van der Waals surface area contributed by atoms with Gasteiger partial charge in [0.15, 0.2) is 0 Å². The highest BCUT2D eigenvalue weighted by Gasteiger charge is 2.47. The number of imidazole rings is 1. The largest absolute Gasteiger partial charge is 0.394 e. The zero-order valence-electron chi connectivity index (χ0n) is 15.0. The molecule has 6 nitrogen and oxygen atoms in total. The van der Waals surface area contributed by atoms with E-state index >= 15 is 0 Å². The van der Waals surface area contributed by atoms with Gasteiger partial charge in [0.25, 0.3) is 0 Å². The third-order valence-electron chi connectivity index (χ3n) is 5.51. The zero-order chi connectivity index (χ0) is 18.3. The van der Waals surface area contributed by atoms with Crippen LogP contribution >= 0.6 is 0 Å². The van der Waals surface area contributed by atoms with Crippen molar-refractivity contribution in [3.05, 3.63) is 59.2 Å². The number of aryl methyl sites for hydroxylation is 1. The Kier molecular flexibility index (Phi) is 4.67. The average Bonchev–Trinajstić information content (AvgIpc) is 2.96. The van der Waals surface area contributed by atoms with Crippen LogP contribution in [0, 0.1) is 19.8 Å². The molecule has 0 radical (unpaired) electrons. The number of aliphatic hydroxyl groups excluding tert-OH is 2. The molecule has 138 valence electrons. The molecule has 1 saturated heterocycles. The van der Waals surface area contributed by atoms with E-state index in [0.717, 1.165) is 22.8 Å². The van der Waals surface area contributed by atoms with Gasteiger partial charge in [0, 0.05) is 17.8 Å². The second-order valence-corrected chi connectivity index (χ2v) is 7.01. The molecule has 2 aromatic rings. The topological polar surface area (TPSA) is 79.5 Å². The third-order valence-corrected chi connectivity index (χ3v) is 5.51. The number of fused-ring (bicyclic) bond motifs is 3. The number of benzene rings is 1. The van der Waals surface area contributed by atoms with Gasteiger partial charge in [-0.1, -0.05) is 36.4 Å². The molecule has 3 heterocycles. The van der Waals surface area contributed by atoms with Crippen molar-refractivity contribution in [2.45, 2.75) is 38.1 Å². The summed E-state index contributed by atoms with van der Waals surface area (Å²) in [5.74, 6) is 0.892. The monoisotopic (exact) mass is 355 g/mol. The smallest absolute Gasteiger partial charge is 0.131 e. The Morgan fingerprint density at radius 1 is 1.19 bits per heavy atom. The summed E-state index contributed by atoms with van der Waals surface area (Å²) in [5.41, 5.74) is 3.13. The number of rotatable bonds is 4. The molecule has 4 rings (SSSR count). The van der Waals surface area contributed by atoms with Crippen LogP contribution in [0.1, 0.15) is 34.9 Å². The fraction of sp³-hybridized carbons (Fsp3) is 0.450. The van der Waals surface area contributed by atoms with Crippen molar-refractivity contribution in [2.75, 3.05) is 13.2 Å². The van der Waals surface area contributed by atoms with E-state index in [1.54, 1.807) is 0 Å². The van der Waals surface area contributed by atoms with E-state index in [4.69, 9.17) is 9.72 Å². The van der Waals surface area contributed by atoms with Crippen molar-refractivity contribution in [2.24, 2.45) is 5.92 Å². The number of nitrogens with one attached hydrogen (secondary N) is 1. The SMILES string of the molecule is Cc1nc2n(c1C)C=CC1C2N[C@H](c2ccccc2)[C@@H](O)[C@@H]1OCCO. The summed E-state index contributed by atoms with van der Waals surface area (Å²) >= 11 is 0. The number of ether oxygens (including phenoxy) is 1. The van der Waals surface area contributed by atoms with Crippen molar-refractivity contribution in [1.29, 1.82) is 0 Å². The highest BCUT2D eigenvalue weighted by atomic mass is 16.5. The minimum absolute atomic E-state index is 0.0507. The Morgan fingerprint density at radius 3 is 2.69 bits per heavy atom. The van der Waals surface area contributed by atoms with Crippen LogP contribution in [0.25, 0.3) is 6.20 Å². The number of hydrogen-bond donors (Lipinski definition) is 3. The standard InChI is InChI=1S/C20H25N3O3/c1-12-13(2)23-9-8-15-17(20(23)21-12)22-16(14-6-4-3-5-7-14)18(25)19(15)26-11-10-24/h3-9,15-19,22,24-25H,10-11H2,1-2H3/t15?,16-,17?,18-,19-/m1/s1. The molecular formula is C20H25N3O3. The van der Waals surface area contributed by atoms with Crippen LogP contribution in [0.3, 0.4) is 0 Å². The van der Waals surface area contributed by atoms with Crippen molar-refractivity contribution in [3.8, 4) is 0 Å². The molecular weight excluding hydrogens is 330 g/mol. The van der Waals surface area contributed by atoms with Gasteiger partial charge in [0.05, 0.1) is 37.1 Å². The van der Waals surface area contributed by atoms with E-state index in [9.17, 15) is 10.2 Å². The summed E-state index contributed by atoms with van der Waals surface area (Å²) in [4.78, 5) is 4.77. The maximum absolute atomic E-state index is 11.0. The number of aromatic nitrogens is 2. The number of piperidine rings is 1. The van der Waals surface area contributed by atoms with Gasteiger partial charge in [-0.3, -0.25) is 5.32 Å². The molecule has 0 bridgehead atoms. The lowest BCUT2D eigenvalue weighted by Crippen LogP contribution is -2.55. The summed E-state index contributed by atoms with van der Waals surface area (Å²) in [6, 6.07) is 9.58. The van der Waals surface area contributed by atoms with Gasteiger partial charge in [-0.15, -0.1) is 0 Å². The van der Waals surface area contributed by atoms with Crippen LogP contribution in [0.2, 0.25) is 0 Å². The Labute approximate surface area is 153 Å². The van der Waals surface area contributed by atoms with Crippen molar-refractivity contribution in [1.82, 2.24) is 14.9 Å². The average molecular weight is 355 g/mol. The highest BCUT2D eigenvalue weighted by molar-refractivity contribution is 5.40. The molecule has 26 heavy (non-hydrogen) atoms. The molecule has 0 spiro atoms. The number of aliphatic hydroxyl groups is 2. The number of hydrogen-bond acceptors (Lipinski definition) is 5. The van der Waals surface area contributed by atoms with E-state index in [1.807, 2.05) is 43.5 Å². The normalized spacial score (nSPS) is 30.1. The molecule has 6 heteroatoms. The van der Waals surface area contributed by atoms with E-state index in [0.29, 0.717) is 0 Å². The van der Waals surface area contributed by atoms with E-state index in [2.05, 4.69) is 22.9 Å². The first-order chi connectivity index (χ1) is 12.6. The summed E-state index contributed by atoms with van der Waals surface area (Å²) < 4.78 is 7.99. The predicted octanol–water partition coefficient (Wildman–Crippen LogP) is 1.72. The van der Waals surface area contributed by atoms with E-state index in [1.165, 1.54) is 0 Å². The summed E-state index contributed by atoms with van der Waals surface area (Å²) in [6.45, 7) is 4.20. The third kappa shape index (κ3) is 2.79. The second-order valence-electron chi connectivity index (χ2n) is 7.01. The van der Waals surface area contributed by atoms with Crippen LogP contribution in [0.15, 0.2) is 36.4 Å². The summed E-state index contributed by atoms with van der Waals surface area (Å²) in [7, 11) is 0. The lowest BCUT2D eigenvalue weighted by atomic mass is 9.79. The summed E-state index contributed by atoms with van der Waals surface area (Å²) in [5, 5.41) is 23.8. The van der Waals surface area contributed by atoms with Crippen molar-refractivity contribution >= 4 is 6.20 Å². The van der Waals surface area contributed by atoms with Crippen LogP contribution < -0.4 is 5.32 Å². The van der Waals surface area contributed by atoms with Gasteiger partial charge >= 0.3 is 0 Å². The zero-order valence-corrected chi connectivity index (χ0v) is 15.0. The Morgan fingerprint density at radius 2 is 1.96 bits per heavy atom. The molecule has 5 atom stereocenters. The quantitative estimate of drug-likeness (QED) is 0.778. The van der Waals surface area contributed by atoms with Gasteiger partial charge in [0.2, 0.25) is 0 Å². The van der Waals surface area contributed by atoms with Gasteiger partial charge in [-0.25, -0.2) is 4.98 Å². The van der Waals surface area contributed by atoms with E-state index in [-0.39, 0.29) is 31.2 Å². The minimum Gasteiger partial charge on any atom is -0.394 e. The van der Waals surface area contributed by atoms with Gasteiger partial charge in [0.1, 0.15) is 11.9 Å². The molecule has 1 aromatic heterocycles. The van der Waals surface area contributed by atoms with Crippen LogP contribution in [0.5, 0.6) is 0 Å². The van der Waals surface area contributed by atoms with Crippen LogP contribution in [-0.2, 0) is 4.74 Å². The van der Waals surface area contributed by atoms with E-state index < -0.39 is 12.2 Å². The Hall–Kier alpha value is -1.99. The van der Waals surface area contributed by atoms with Gasteiger partial charge < -0.3 is 19.5 Å². The highest BCUT2D eigenvalue weighted by Crippen LogP contribution is 2.42. The Bertz CT molecular complexity index is 802. The van der Waals surface area contributed by atoms with Crippen molar-refractivity contribution < 1.29 is 14.9 Å². The molecule has 1 fully saturated rings. The first-order valence-corrected chi connectivity index (χ1v) is 9.07. The van der Waals surface area contributed by atoms with Crippen LogP contribution in [-0.4, -0.2) is 45.2 Å². The number of nitrogens with zero attached hydrogens (tertiary/aromatic N) is 2. The molecule has 2 aliphatic rings. The molecule has 1 aromatic carbocycles.